The number of rotatable bonds is 8. The molecule has 2 aliphatic rings. The molecule has 2 fully saturated rings. The average molecular weight is 484 g/mol. The summed E-state index contributed by atoms with van der Waals surface area (Å²) in [6, 6.07) is 10.6. The molecule has 0 unspecified atom stereocenters. The summed E-state index contributed by atoms with van der Waals surface area (Å²) in [6.45, 7) is 6.94. The molecule has 0 radical (unpaired) electrons. The molecule has 2 saturated heterocycles. The summed E-state index contributed by atoms with van der Waals surface area (Å²) in [5, 5.41) is 13.3. The van der Waals surface area contributed by atoms with Crippen molar-refractivity contribution in [2.24, 2.45) is 0 Å². The number of amides is 1. The lowest BCUT2D eigenvalue weighted by molar-refractivity contribution is 0.0944. The van der Waals surface area contributed by atoms with Gasteiger partial charge in [-0.15, -0.1) is 10.2 Å². The van der Waals surface area contributed by atoms with Crippen LogP contribution in [0.2, 0.25) is 0 Å². The van der Waals surface area contributed by atoms with E-state index in [0.717, 1.165) is 57.4 Å². The van der Waals surface area contributed by atoms with E-state index in [4.69, 9.17) is 0 Å². The van der Waals surface area contributed by atoms with Crippen molar-refractivity contribution in [1.29, 1.82) is 0 Å². The number of benzene rings is 1. The monoisotopic (exact) mass is 483 g/mol. The van der Waals surface area contributed by atoms with Crippen molar-refractivity contribution < 1.29 is 9.18 Å². The lowest BCUT2D eigenvalue weighted by Crippen LogP contribution is -2.47. The Morgan fingerprint density at radius 2 is 1.71 bits per heavy atom. The van der Waals surface area contributed by atoms with Gasteiger partial charge in [0.15, 0.2) is 0 Å². The van der Waals surface area contributed by atoms with E-state index in [1.54, 1.807) is 6.07 Å². The number of nitrogens with one attached hydrogen (secondary N) is 1. The van der Waals surface area contributed by atoms with E-state index in [1.807, 2.05) is 35.0 Å². The maximum absolute atomic E-state index is 14.0. The molecule has 0 bridgehead atoms. The number of carbonyl (C=O) groups is 1. The fourth-order valence-corrected chi connectivity index (χ4v) is 5.49. The minimum absolute atomic E-state index is 0.104. The third-order valence-electron chi connectivity index (χ3n) is 6.47. The Hall–Kier alpha value is -2.98. The molecule has 0 saturated carbocycles. The van der Waals surface area contributed by atoms with Gasteiger partial charge in [-0.05, 0) is 50.1 Å². The normalized spacial score (nSPS) is 16.9. The summed E-state index contributed by atoms with van der Waals surface area (Å²) in [5.41, 5.74) is 1.25. The van der Waals surface area contributed by atoms with E-state index in [0.29, 0.717) is 23.1 Å². The van der Waals surface area contributed by atoms with Gasteiger partial charge in [-0.3, -0.25) is 14.3 Å². The van der Waals surface area contributed by atoms with Crippen LogP contribution in [-0.4, -0.2) is 77.9 Å². The highest BCUT2D eigenvalue weighted by atomic mass is 32.1. The molecule has 2 aliphatic heterocycles. The fourth-order valence-electron chi connectivity index (χ4n) is 4.59. The summed E-state index contributed by atoms with van der Waals surface area (Å²) in [7, 11) is 0. The second-order valence-corrected chi connectivity index (χ2v) is 9.65. The molecule has 3 aromatic rings. The molecule has 1 amide bonds. The third-order valence-corrected chi connectivity index (χ3v) is 7.45. The van der Waals surface area contributed by atoms with Crippen LogP contribution in [0.3, 0.4) is 0 Å². The maximum atomic E-state index is 14.0. The Labute approximate surface area is 203 Å². The molecule has 0 atom stereocenters. The van der Waals surface area contributed by atoms with Crippen LogP contribution in [0.25, 0.3) is 5.13 Å². The van der Waals surface area contributed by atoms with Gasteiger partial charge >= 0.3 is 0 Å². The van der Waals surface area contributed by atoms with Gasteiger partial charge in [0, 0.05) is 52.0 Å². The highest BCUT2D eigenvalue weighted by molar-refractivity contribution is 7.17. The molecule has 0 spiro atoms. The van der Waals surface area contributed by atoms with Crippen LogP contribution in [0.5, 0.6) is 0 Å². The Morgan fingerprint density at radius 3 is 2.50 bits per heavy atom. The van der Waals surface area contributed by atoms with Gasteiger partial charge in [0.25, 0.3) is 5.91 Å². The van der Waals surface area contributed by atoms with E-state index >= 15 is 0 Å². The lowest BCUT2D eigenvalue weighted by atomic mass is 10.2. The summed E-state index contributed by atoms with van der Waals surface area (Å²) >= 11 is 1.52. The summed E-state index contributed by atoms with van der Waals surface area (Å²) in [6.07, 6.45) is 5.10. The van der Waals surface area contributed by atoms with Crippen LogP contribution in [0, 0.1) is 5.82 Å². The average Bonchev–Trinajstić information content (AvgIpc) is 3.63. The Bertz CT molecular complexity index is 1100. The summed E-state index contributed by atoms with van der Waals surface area (Å²) in [4.78, 5) is 19.5. The first kappa shape index (κ1) is 22.8. The Kier molecular flexibility index (Phi) is 7.05. The molecule has 5 rings (SSSR count). The third kappa shape index (κ3) is 5.07. The largest absolute Gasteiger partial charge is 0.367 e. The maximum Gasteiger partial charge on any atom is 0.268 e. The van der Waals surface area contributed by atoms with Gasteiger partial charge in [-0.1, -0.05) is 23.5 Å². The number of anilines is 2. The standard InChI is InChI=1S/C24H30FN7OS/c25-19-7-1-2-8-20(19)30-17-15-29(16-18-30)11-6-10-26-22(33)21-9-5-14-32(21)24-28-27-23(34-24)31-12-3-4-13-31/h1-2,5,7-9,14H,3-4,6,10-13,15-18H2,(H,26,33). The van der Waals surface area contributed by atoms with Crippen LogP contribution < -0.4 is 15.1 Å². The lowest BCUT2D eigenvalue weighted by Gasteiger charge is -2.36. The van der Waals surface area contributed by atoms with E-state index in [9.17, 15) is 9.18 Å². The minimum atomic E-state index is -0.163. The highest BCUT2D eigenvalue weighted by Crippen LogP contribution is 2.27. The molecule has 1 N–H and O–H groups in total. The molecule has 2 aromatic heterocycles. The van der Waals surface area contributed by atoms with Crippen LogP contribution in [0.1, 0.15) is 29.8 Å². The first-order valence-electron chi connectivity index (χ1n) is 12.0. The fraction of sp³-hybridized carbons (Fsp3) is 0.458. The van der Waals surface area contributed by atoms with E-state index in [2.05, 4.69) is 30.2 Å². The predicted octanol–water partition coefficient (Wildman–Crippen LogP) is 3.01. The van der Waals surface area contributed by atoms with Gasteiger partial charge < -0.3 is 15.1 Å². The number of para-hydroxylation sites is 1. The molecular weight excluding hydrogens is 453 g/mol. The quantitative estimate of drug-likeness (QED) is 0.497. The van der Waals surface area contributed by atoms with E-state index in [-0.39, 0.29) is 11.7 Å². The van der Waals surface area contributed by atoms with Gasteiger partial charge in [-0.25, -0.2) is 4.39 Å². The zero-order chi connectivity index (χ0) is 23.3. The SMILES string of the molecule is O=C(NCCCN1CCN(c2ccccc2F)CC1)c1cccn1-c1nnc(N2CCCC2)s1. The van der Waals surface area contributed by atoms with Crippen molar-refractivity contribution in [3.05, 3.63) is 54.1 Å². The topological polar surface area (TPSA) is 69.5 Å². The molecular formula is C24H30FN7OS. The van der Waals surface area contributed by atoms with Gasteiger partial charge in [0.2, 0.25) is 10.3 Å². The number of carbonyl (C=O) groups excluding carboxylic acids is 1. The first-order chi connectivity index (χ1) is 16.7. The van der Waals surface area contributed by atoms with Crippen molar-refractivity contribution >= 4 is 28.1 Å². The van der Waals surface area contributed by atoms with Crippen molar-refractivity contribution in [2.75, 3.05) is 62.2 Å². The summed E-state index contributed by atoms with van der Waals surface area (Å²) < 4.78 is 15.8. The van der Waals surface area contributed by atoms with Gasteiger partial charge in [0.1, 0.15) is 11.5 Å². The number of nitrogens with zero attached hydrogens (tertiary/aromatic N) is 6. The zero-order valence-corrected chi connectivity index (χ0v) is 20.0. The Morgan fingerprint density at radius 1 is 0.941 bits per heavy atom. The van der Waals surface area contributed by atoms with Crippen LogP contribution >= 0.6 is 11.3 Å². The van der Waals surface area contributed by atoms with Crippen molar-refractivity contribution in [1.82, 2.24) is 25.0 Å². The number of hydrogen-bond donors (Lipinski definition) is 1. The minimum Gasteiger partial charge on any atom is -0.367 e. The van der Waals surface area contributed by atoms with Crippen LogP contribution in [0.4, 0.5) is 15.2 Å². The predicted molar refractivity (Wildman–Crippen MR) is 133 cm³/mol. The van der Waals surface area contributed by atoms with Crippen molar-refractivity contribution in [3.63, 3.8) is 0 Å². The Balaban J connectivity index is 1.07. The van der Waals surface area contributed by atoms with E-state index < -0.39 is 0 Å². The molecule has 180 valence electrons. The zero-order valence-electron chi connectivity index (χ0n) is 19.2. The van der Waals surface area contributed by atoms with Gasteiger partial charge in [-0.2, -0.15) is 0 Å². The van der Waals surface area contributed by atoms with Crippen LogP contribution in [-0.2, 0) is 0 Å². The molecule has 34 heavy (non-hydrogen) atoms. The second-order valence-electron chi connectivity index (χ2n) is 8.71. The number of halogens is 1. The molecule has 0 aliphatic carbocycles. The number of hydrogen-bond acceptors (Lipinski definition) is 7. The smallest absolute Gasteiger partial charge is 0.268 e. The van der Waals surface area contributed by atoms with Crippen molar-refractivity contribution in [2.45, 2.75) is 19.3 Å². The van der Waals surface area contributed by atoms with Crippen molar-refractivity contribution in [3.8, 4) is 5.13 Å². The molecule has 8 nitrogen and oxygen atoms in total. The highest BCUT2D eigenvalue weighted by Gasteiger charge is 2.21. The summed E-state index contributed by atoms with van der Waals surface area (Å²) in [5.74, 6) is -0.267. The van der Waals surface area contributed by atoms with Crippen LogP contribution in [0.15, 0.2) is 42.6 Å². The molecule has 1 aromatic carbocycles. The first-order valence-corrected chi connectivity index (χ1v) is 12.8. The van der Waals surface area contributed by atoms with Gasteiger partial charge in [0.05, 0.1) is 5.69 Å². The number of aromatic nitrogens is 3. The number of piperazine rings is 1. The second kappa shape index (κ2) is 10.5. The molecule has 10 heteroatoms. The molecule has 4 heterocycles. The van der Waals surface area contributed by atoms with E-state index in [1.165, 1.54) is 30.2 Å².